The third-order valence-corrected chi connectivity index (χ3v) is 1.54. The highest BCUT2D eigenvalue weighted by Crippen LogP contribution is 2.15. The lowest BCUT2D eigenvalue weighted by molar-refractivity contribution is 1.19. The summed E-state index contributed by atoms with van der Waals surface area (Å²) < 4.78 is 0. The zero-order chi connectivity index (χ0) is 8.55. The van der Waals surface area contributed by atoms with Crippen LogP contribution in [0.1, 0.15) is 0 Å². The van der Waals surface area contributed by atoms with Crippen molar-refractivity contribution in [3.8, 4) is 0 Å². The van der Waals surface area contributed by atoms with E-state index in [0.717, 1.165) is 5.52 Å². The first-order valence-corrected chi connectivity index (χ1v) is 3.45. The smallest absolute Gasteiger partial charge is 0.200 e. The number of hydrogen-bond donors (Lipinski definition) is 3. The zero-order valence-electron chi connectivity index (χ0n) is 6.50. The monoisotopic (exact) mass is 164 g/mol. The molecule has 0 unspecified atom stereocenters. The second kappa shape index (κ2) is 2.33. The van der Waals surface area contributed by atoms with E-state index in [-0.39, 0.29) is 0 Å². The van der Waals surface area contributed by atoms with E-state index >= 15 is 0 Å². The van der Waals surface area contributed by atoms with Crippen molar-refractivity contribution >= 4 is 22.9 Å². The van der Waals surface area contributed by atoms with Gasteiger partial charge in [0.2, 0.25) is 0 Å². The van der Waals surface area contributed by atoms with Gasteiger partial charge >= 0.3 is 0 Å². The van der Waals surface area contributed by atoms with Gasteiger partial charge in [-0.1, -0.05) is 0 Å². The van der Waals surface area contributed by atoms with Crippen molar-refractivity contribution < 1.29 is 0 Å². The molecule has 0 aliphatic heterocycles. The Bertz CT molecular complexity index is 405. The number of nitrogen functional groups attached to an aromatic ring is 1. The van der Waals surface area contributed by atoms with Crippen LogP contribution in [0.4, 0.5) is 11.8 Å². The molecule has 6 nitrogen and oxygen atoms in total. The van der Waals surface area contributed by atoms with Gasteiger partial charge in [-0.15, -0.1) is 0 Å². The van der Waals surface area contributed by atoms with Gasteiger partial charge in [0.05, 0.1) is 0 Å². The first kappa shape index (κ1) is 6.84. The molecule has 12 heavy (non-hydrogen) atoms. The van der Waals surface area contributed by atoms with Crippen molar-refractivity contribution in [2.45, 2.75) is 0 Å². The summed E-state index contributed by atoms with van der Waals surface area (Å²) in [6.07, 6.45) is 1.44. The van der Waals surface area contributed by atoms with Gasteiger partial charge in [0.15, 0.2) is 17.4 Å². The minimum atomic E-state index is 0.349. The third-order valence-electron chi connectivity index (χ3n) is 1.54. The van der Waals surface area contributed by atoms with Gasteiger partial charge < -0.3 is 16.0 Å². The van der Waals surface area contributed by atoms with Crippen LogP contribution in [0.25, 0.3) is 11.2 Å². The minimum Gasteiger partial charge on any atom is -0.371 e. The maximum atomic E-state index is 5.45. The number of fused-ring (bicyclic) bond motifs is 1. The summed E-state index contributed by atoms with van der Waals surface area (Å²) in [6, 6.07) is 0. The minimum absolute atomic E-state index is 0.349. The van der Waals surface area contributed by atoms with E-state index < -0.39 is 0 Å². The van der Waals surface area contributed by atoms with Gasteiger partial charge in [-0.25, -0.2) is 9.97 Å². The molecule has 0 saturated heterocycles. The Kier molecular flexibility index (Phi) is 1.33. The van der Waals surface area contributed by atoms with Crippen LogP contribution in [0, 0.1) is 0 Å². The van der Waals surface area contributed by atoms with Gasteiger partial charge in [0.25, 0.3) is 0 Å². The first-order valence-electron chi connectivity index (χ1n) is 3.45. The maximum absolute atomic E-state index is 5.45. The molecule has 2 heterocycles. The topological polar surface area (TPSA) is 92.5 Å². The highest BCUT2D eigenvalue weighted by Gasteiger charge is 2.05. The molecule has 0 radical (unpaired) electrons. The van der Waals surface area contributed by atoms with Crippen LogP contribution in [0.3, 0.4) is 0 Å². The summed E-state index contributed by atoms with van der Waals surface area (Å²) in [5.41, 5.74) is 6.76. The number of aromatic nitrogens is 4. The normalized spacial score (nSPS) is 10.4. The molecule has 4 N–H and O–H groups in total. The molecular weight excluding hydrogens is 156 g/mol. The highest BCUT2D eigenvalue weighted by molar-refractivity contribution is 5.83. The van der Waals surface area contributed by atoms with Gasteiger partial charge in [0.1, 0.15) is 11.8 Å². The lowest BCUT2D eigenvalue weighted by Crippen LogP contribution is -1.93. The van der Waals surface area contributed by atoms with Crippen LogP contribution in [0.15, 0.2) is 6.33 Å². The van der Waals surface area contributed by atoms with Crippen molar-refractivity contribution in [3.63, 3.8) is 0 Å². The summed E-state index contributed by atoms with van der Waals surface area (Å²) in [7, 11) is 1.78. The molecule has 62 valence electrons. The Labute approximate surface area is 68.2 Å². The van der Waals surface area contributed by atoms with E-state index in [4.69, 9.17) is 5.73 Å². The summed E-state index contributed by atoms with van der Waals surface area (Å²) >= 11 is 0. The summed E-state index contributed by atoms with van der Waals surface area (Å²) in [6.45, 7) is 0. The molecule has 2 aromatic heterocycles. The van der Waals surface area contributed by atoms with Crippen LogP contribution >= 0.6 is 0 Å². The van der Waals surface area contributed by atoms with E-state index in [1.54, 1.807) is 7.05 Å². The average molecular weight is 164 g/mol. The van der Waals surface area contributed by atoms with Gasteiger partial charge in [-0.05, 0) is 0 Å². The van der Waals surface area contributed by atoms with Crippen molar-refractivity contribution in [3.05, 3.63) is 6.33 Å². The van der Waals surface area contributed by atoms with Gasteiger partial charge in [-0.2, -0.15) is 4.98 Å². The predicted molar refractivity (Wildman–Crippen MR) is 45.6 cm³/mol. The number of nitrogens with one attached hydrogen (secondary N) is 2. The van der Waals surface area contributed by atoms with E-state index in [0.29, 0.717) is 17.4 Å². The van der Waals surface area contributed by atoms with Gasteiger partial charge in [-0.3, -0.25) is 0 Å². The number of nitrogens with zero attached hydrogens (tertiary/aromatic N) is 3. The van der Waals surface area contributed by atoms with Crippen LogP contribution in [0.2, 0.25) is 0 Å². The number of anilines is 2. The molecule has 0 saturated carbocycles. The van der Waals surface area contributed by atoms with Crippen LogP contribution in [0.5, 0.6) is 0 Å². The molecule has 6 heteroatoms. The third kappa shape index (κ3) is 0.849. The Morgan fingerprint density at radius 3 is 3.08 bits per heavy atom. The second-order valence-electron chi connectivity index (χ2n) is 2.29. The molecule has 0 aliphatic carbocycles. The SMILES string of the molecule is CNc1ncnc2nc(N)[nH]c12. The van der Waals surface area contributed by atoms with E-state index in [1.165, 1.54) is 6.33 Å². The Balaban J connectivity index is 2.78. The summed E-state index contributed by atoms with van der Waals surface area (Å²) in [5, 5.41) is 2.91. The van der Waals surface area contributed by atoms with Crippen molar-refractivity contribution in [1.82, 2.24) is 19.9 Å². The Morgan fingerprint density at radius 1 is 1.50 bits per heavy atom. The highest BCUT2D eigenvalue weighted by atomic mass is 15.1. The van der Waals surface area contributed by atoms with E-state index in [1.807, 2.05) is 0 Å². The number of imidazole rings is 1. The molecule has 0 bridgehead atoms. The maximum Gasteiger partial charge on any atom is 0.200 e. The largest absolute Gasteiger partial charge is 0.371 e. The molecule has 0 fully saturated rings. The zero-order valence-corrected chi connectivity index (χ0v) is 6.50. The summed E-state index contributed by atoms with van der Waals surface area (Å²) in [5.74, 6) is 1.05. The number of H-pyrrole nitrogens is 1. The quantitative estimate of drug-likeness (QED) is 0.550. The number of aromatic amines is 1. The molecule has 0 spiro atoms. The fraction of sp³-hybridized carbons (Fsp3) is 0.167. The van der Waals surface area contributed by atoms with Gasteiger partial charge in [0, 0.05) is 7.05 Å². The number of nitrogens with two attached hydrogens (primary N) is 1. The molecule has 2 aromatic rings. The Hall–Kier alpha value is -1.85. The van der Waals surface area contributed by atoms with E-state index in [9.17, 15) is 0 Å². The Morgan fingerprint density at radius 2 is 2.33 bits per heavy atom. The fourth-order valence-corrected chi connectivity index (χ4v) is 1.04. The molecule has 2 rings (SSSR count). The fourth-order valence-electron chi connectivity index (χ4n) is 1.04. The lowest BCUT2D eigenvalue weighted by Gasteiger charge is -1.96. The van der Waals surface area contributed by atoms with Crippen LogP contribution < -0.4 is 11.1 Å². The molecule has 0 amide bonds. The predicted octanol–water partition coefficient (Wildman–Crippen LogP) is -0.0232. The average Bonchev–Trinajstić information content (AvgIpc) is 2.44. The standard InChI is InChI=1S/C6H8N6/c1-8-4-3-5(10-2-9-4)12-6(7)11-3/h2H,1H3,(H4,7,8,9,10,11,12). The van der Waals surface area contributed by atoms with Crippen molar-refractivity contribution in [2.75, 3.05) is 18.1 Å². The number of rotatable bonds is 1. The van der Waals surface area contributed by atoms with Crippen molar-refractivity contribution in [1.29, 1.82) is 0 Å². The second-order valence-corrected chi connectivity index (χ2v) is 2.29. The van der Waals surface area contributed by atoms with Crippen LogP contribution in [-0.4, -0.2) is 27.0 Å². The molecule has 0 aromatic carbocycles. The number of hydrogen-bond acceptors (Lipinski definition) is 5. The first-order chi connectivity index (χ1) is 5.81. The molecular formula is C6H8N6. The lowest BCUT2D eigenvalue weighted by atomic mass is 10.5. The summed E-state index contributed by atoms with van der Waals surface area (Å²) in [4.78, 5) is 14.7. The van der Waals surface area contributed by atoms with Crippen molar-refractivity contribution in [2.24, 2.45) is 0 Å². The van der Waals surface area contributed by atoms with E-state index in [2.05, 4.69) is 25.3 Å². The molecule has 0 aliphatic rings. The van der Waals surface area contributed by atoms with Crippen LogP contribution in [-0.2, 0) is 0 Å². The molecule has 0 atom stereocenters.